The fourth-order valence-corrected chi connectivity index (χ4v) is 3.64. The fourth-order valence-electron chi connectivity index (χ4n) is 3.64. The van der Waals surface area contributed by atoms with E-state index in [4.69, 9.17) is 9.47 Å². The Morgan fingerprint density at radius 3 is 2.86 bits per heavy atom. The molecule has 1 saturated heterocycles. The number of ether oxygens (including phenoxy) is 2. The van der Waals surface area contributed by atoms with E-state index in [0.717, 1.165) is 25.9 Å². The molecule has 0 aromatic carbocycles. The number of aliphatic hydroxyl groups excluding tert-OH is 1. The van der Waals surface area contributed by atoms with Crippen LogP contribution in [0.3, 0.4) is 0 Å². The van der Waals surface area contributed by atoms with Crippen molar-refractivity contribution in [1.29, 1.82) is 0 Å². The van der Waals surface area contributed by atoms with Gasteiger partial charge in [0.15, 0.2) is 0 Å². The van der Waals surface area contributed by atoms with Crippen LogP contribution >= 0.6 is 0 Å². The summed E-state index contributed by atoms with van der Waals surface area (Å²) in [6, 6.07) is 0.474. The maximum Gasteiger partial charge on any atom is 0.0897 e. The van der Waals surface area contributed by atoms with Gasteiger partial charge in [0.1, 0.15) is 0 Å². The number of aliphatic hydroxyl groups is 1. The Kier molecular flexibility index (Phi) is 7.44. The Morgan fingerprint density at radius 2 is 2.10 bits per heavy atom. The van der Waals surface area contributed by atoms with Crippen LogP contribution in [0.4, 0.5) is 0 Å². The van der Waals surface area contributed by atoms with Crippen molar-refractivity contribution in [2.24, 2.45) is 5.92 Å². The minimum Gasteiger partial charge on any atom is -0.389 e. The van der Waals surface area contributed by atoms with Gasteiger partial charge in [-0.15, -0.1) is 0 Å². The first-order chi connectivity index (χ1) is 10.2. The van der Waals surface area contributed by atoms with Gasteiger partial charge in [-0.2, -0.15) is 0 Å². The highest BCUT2D eigenvalue weighted by Gasteiger charge is 2.25. The summed E-state index contributed by atoms with van der Waals surface area (Å²) in [6.07, 6.45) is 8.62. The van der Waals surface area contributed by atoms with Crippen molar-refractivity contribution in [2.75, 3.05) is 19.8 Å². The van der Waals surface area contributed by atoms with Gasteiger partial charge in [0.05, 0.1) is 24.9 Å². The molecule has 0 aromatic heterocycles. The lowest BCUT2D eigenvalue weighted by Crippen LogP contribution is -2.43. The van der Waals surface area contributed by atoms with Gasteiger partial charge in [0.25, 0.3) is 0 Å². The maximum absolute atomic E-state index is 10.1. The molecule has 0 spiro atoms. The Morgan fingerprint density at radius 1 is 1.29 bits per heavy atom. The first-order valence-corrected chi connectivity index (χ1v) is 8.83. The third-order valence-corrected chi connectivity index (χ3v) is 4.99. The molecule has 2 rings (SSSR count). The summed E-state index contributed by atoms with van der Waals surface area (Å²) in [4.78, 5) is 0. The highest BCUT2D eigenvalue weighted by molar-refractivity contribution is 4.77. The van der Waals surface area contributed by atoms with Crippen LogP contribution in [0.25, 0.3) is 0 Å². The zero-order valence-electron chi connectivity index (χ0n) is 13.7. The first kappa shape index (κ1) is 17.2. The van der Waals surface area contributed by atoms with Crippen molar-refractivity contribution < 1.29 is 14.6 Å². The van der Waals surface area contributed by atoms with E-state index in [1.54, 1.807) is 0 Å². The lowest BCUT2D eigenvalue weighted by molar-refractivity contribution is -0.0518. The number of hydrogen-bond donors (Lipinski definition) is 2. The smallest absolute Gasteiger partial charge is 0.0897 e. The van der Waals surface area contributed by atoms with Crippen LogP contribution in [0.5, 0.6) is 0 Å². The normalized spacial score (nSPS) is 35.6. The summed E-state index contributed by atoms with van der Waals surface area (Å²) >= 11 is 0. The molecule has 4 heteroatoms. The standard InChI is InChI=1S/C17H33NO3/c1-3-14-6-4-5-7-17(14)21-12-16(19)11-18-15-8-9-20-13(2)10-15/h13-19H,3-12H2,1-2H3. The molecular weight excluding hydrogens is 266 g/mol. The summed E-state index contributed by atoms with van der Waals surface area (Å²) < 4.78 is 11.5. The molecule has 2 N–H and O–H groups in total. The van der Waals surface area contributed by atoms with Crippen molar-refractivity contribution in [3.8, 4) is 0 Å². The van der Waals surface area contributed by atoms with Gasteiger partial charge in [-0.25, -0.2) is 0 Å². The van der Waals surface area contributed by atoms with Gasteiger partial charge >= 0.3 is 0 Å². The van der Waals surface area contributed by atoms with E-state index >= 15 is 0 Å². The SMILES string of the molecule is CCC1CCCCC1OCC(O)CNC1CCOC(C)C1. The Labute approximate surface area is 129 Å². The van der Waals surface area contributed by atoms with Crippen molar-refractivity contribution >= 4 is 0 Å². The van der Waals surface area contributed by atoms with Gasteiger partial charge in [-0.05, 0) is 38.5 Å². The fraction of sp³-hybridized carbons (Fsp3) is 1.00. The van der Waals surface area contributed by atoms with Crippen LogP contribution in [0.2, 0.25) is 0 Å². The predicted octanol–water partition coefficient (Wildman–Crippen LogP) is 2.49. The average molecular weight is 299 g/mol. The maximum atomic E-state index is 10.1. The highest BCUT2D eigenvalue weighted by Crippen LogP contribution is 2.29. The highest BCUT2D eigenvalue weighted by atomic mass is 16.5. The van der Waals surface area contributed by atoms with Crippen molar-refractivity contribution in [3.05, 3.63) is 0 Å². The summed E-state index contributed by atoms with van der Waals surface area (Å²) in [7, 11) is 0. The lowest BCUT2D eigenvalue weighted by atomic mass is 9.85. The summed E-state index contributed by atoms with van der Waals surface area (Å²) in [5, 5.41) is 13.6. The molecule has 0 radical (unpaired) electrons. The summed E-state index contributed by atoms with van der Waals surface area (Å²) in [5.41, 5.74) is 0. The molecule has 2 aliphatic rings. The van der Waals surface area contributed by atoms with Crippen LogP contribution in [0.15, 0.2) is 0 Å². The molecule has 1 saturated carbocycles. The van der Waals surface area contributed by atoms with Gasteiger partial charge < -0.3 is 19.9 Å². The Balaban J connectivity index is 1.61. The van der Waals surface area contributed by atoms with Gasteiger partial charge in [0.2, 0.25) is 0 Å². The topological polar surface area (TPSA) is 50.7 Å². The predicted molar refractivity (Wildman–Crippen MR) is 84.4 cm³/mol. The van der Waals surface area contributed by atoms with Crippen molar-refractivity contribution in [3.63, 3.8) is 0 Å². The van der Waals surface area contributed by atoms with Crippen molar-refractivity contribution in [1.82, 2.24) is 5.32 Å². The van der Waals surface area contributed by atoms with E-state index < -0.39 is 6.10 Å². The van der Waals surface area contributed by atoms with E-state index in [0.29, 0.717) is 37.3 Å². The van der Waals surface area contributed by atoms with E-state index in [-0.39, 0.29) is 0 Å². The van der Waals surface area contributed by atoms with Crippen LogP contribution in [-0.4, -0.2) is 49.2 Å². The summed E-state index contributed by atoms with van der Waals surface area (Å²) in [5.74, 6) is 0.690. The van der Waals surface area contributed by atoms with Crippen molar-refractivity contribution in [2.45, 2.75) is 83.1 Å². The number of rotatable bonds is 7. The number of nitrogens with one attached hydrogen (secondary N) is 1. The monoisotopic (exact) mass is 299 g/mol. The second kappa shape index (κ2) is 9.09. The molecule has 5 unspecified atom stereocenters. The van der Waals surface area contributed by atoms with Crippen LogP contribution < -0.4 is 5.32 Å². The van der Waals surface area contributed by atoms with E-state index in [9.17, 15) is 5.11 Å². The minimum absolute atomic E-state index is 0.331. The molecule has 2 fully saturated rings. The molecule has 124 valence electrons. The minimum atomic E-state index is -0.400. The van der Waals surface area contributed by atoms with Crippen LogP contribution in [0.1, 0.15) is 58.8 Å². The second-order valence-corrected chi connectivity index (χ2v) is 6.79. The molecular formula is C17H33NO3. The quantitative estimate of drug-likeness (QED) is 0.758. The van der Waals surface area contributed by atoms with Crippen LogP contribution in [0, 0.1) is 5.92 Å². The molecule has 0 aromatic rings. The number of hydrogen-bond acceptors (Lipinski definition) is 4. The third-order valence-electron chi connectivity index (χ3n) is 4.99. The Hall–Kier alpha value is -0.160. The molecule has 1 aliphatic heterocycles. The largest absolute Gasteiger partial charge is 0.389 e. The van der Waals surface area contributed by atoms with Gasteiger partial charge in [-0.3, -0.25) is 0 Å². The van der Waals surface area contributed by atoms with Gasteiger partial charge in [0, 0.05) is 19.2 Å². The Bertz CT molecular complexity index is 287. The lowest BCUT2D eigenvalue weighted by Gasteiger charge is -2.32. The molecule has 4 nitrogen and oxygen atoms in total. The van der Waals surface area contributed by atoms with E-state index in [2.05, 4.69) is 19.2 Å². The van der Waals surface area contributed by atoms with E-state index in [1.165, 1.54) is 25.7 Å². The molecule has 0 bridgehead atoms. The molecule has 0 amide bonds. The molecule has 1 heterocycles. The summed E-state index contributed by atoms with van der Waals surface area (Å²) in [6.45, 7) is 6.28. The third kappa shape index (κ3) is 5.85. The first-order valence-electron chi connectivity index (χ1n) is 8.83. The second-order valence-electron chi connectivity index (χ2n) is 6.79. The molecule has 5 atom stereocenters. The molecule has 1 aliphatic carbocycles. The molecule has 21 heavy (non-hydrogen) atoms. The van der Waals surface area contributed by atoms with Crippen LogP contribution in [-0.2, 0) is 9.47 Å². The van der Waals surface area contributed by atoms with Gasteiger partial charge in [-0.1, -0.05) is 26.2 Å². The zero-order valence-corrected chi connectivity index (χ0v) is 13.7. The zero-order chi connectivity index (χ0) is 15.1. The average Bonchev–Trinajstić information content (AvgIpc) is 2.51. The van der Waals surface area contributed by atoms with E-state index in [1.807, 2.05) is 0 Å².